The van der Waals surface area contributed by atoms with Crippen LogP contribution in [0.5, 0.6) is 0 Å². The standard InChI is InChI=1S/C9H8N4O/c10-8-6-11-13(9(14)12-8)7-4-2-1-3-5-7/h1-6H,(H2,10,12,14). The summed E-state index contributed by atoms with van der Waals surface area (Å²) in [5.41, 5.74) is 5.51. The van der Waals surface area contributed by atoms with Crippen LogP contribution in [0.3, 0.4) is 0 Å². The van der Waals surface area contributed by atoms with Crippen molar-refractivity contribution < 1.29 is 0 Å². The van der Waals surface area contributed by atoms with Crippen molar-refractivity contribution in [2.75, 3.05) is 5.73 Å². The molecule has 2 rings (SSSR count). The van der Waals surface area contributed by atoms with E-state index in [2.05, 4.69) is 10.1 Å². The minimum Gasteiger partial charge on any atom is -0.382 e. The average Bonchev–Trinajstić information content (AvgIpc) is 2.19. The van der Waals surface area contributed by atoms with Gasteiger partial charge in [0.1, 0.15) is 5.82 Å². The summed E-state index contributed by atoms with van der Waals surface area (Å²) in [6.07, 6.45) is 1.34. The van der Waals surface area contributed by atoms with Gasteiger partial charge in [-0.25, -0.2) is 4.79 Å². The topological polar surface area (TPSA) is 73.8 Å². The Morgan fingerprint density at radius 3 is 2.57 bits per heavy atom. The van der Waals surface area contributed by atoms with E-state index in [-0.39, 0.29) is 5.82 Å². The molecule has 0 unspecified atom stereocenters. The van der Waals surface area contributed by atoms with Crippen molar-refractivity contribution in [3.63, 3.8) is 0 Å². The summed E-state index contributed by atoms with van der Waals surface area (Å²) in [4.78, 5) is 14.9. The van der Waals surface area contributed by atoms with Crippen molar-refractivity contribution in [1.82, 2.24) is 14.8 Å². The monoisotopic (exact) mass is 188 g/mol. The van der Waals surface area contributed by atoms with Gasteiger partial charge in [0.25, 0.3) is 0 Å². The van der Waals surface area contributed by atoms with Crippen LogP contribution in [-0.2, 0) is 0 Å². The van der Waals surface area contributed by atoms with E-state index in [4.69, 9.17) is 5.73 Å². The van der Waals surface area contributed by atoms with Gasteiger partial charge in [-0.2, -0.15) is 14.8 Å². The molecule has 14 heavy (non-hydrogen) atoms. The molecule has 0 aliphatic heterocycles. The zero-order chi connectivity index (χ0) is 9.97. The second-order valence-corrected chi connectivity index (χ2v) is 2.71. The first-order valence-corrected chi connectivity index (χ1v) is 4.04. The van der Waals surface area contributed by atoms with Crippen molar-refractivity contribution in [1.29, 1.82) is 0 Å². The smallest absolute Gasteiger partial charge is 0.370 e. The fraction of sp³-hybridized carbons (Fsp3) is 0. The molecule has 2 N–H and O–H groups in total. The van der Waals surface area contributed by atoms with Crippen LogP contribution in [0.1, 0.15) is 0 Å². The van der Waals surface area contributed by atoms with Crippen molar-refractivity contribution in [3.05, 3.63) is 47.0 Å². The van der Waals surface area contributed by atoms with Crippen molar-refractivity contribution in [2.24, 2.45) is 0 Å². The normalized spacial score (nSPS) is 10.0. The molecule has 5 heteroatoms. The van der Waals surface area contributed by atoms with Crippen LogP contribution >= 0.6 is 0 Å². The third-order valence-electron chi connectivity index (χ3n) is 1.71. The molecule has 0 aliphatic rings. The second-order valence-electron chi connectivity index (χ2n) is 2.71. The average molecular weight is 188 g/mol. The Bertz CT molecular complexity index is 492. The predicted molar refractivity (Wildman–Crippen MR) is 52.0 cm³/mol. The fourth-order valence-corrected chi connectivity index (χ4v) is 1.10. The number of rotatable bonds is 1. The molecule has 0 spiro atoms. The molecule has 2 aromatic rings. The Morgan fingerprint density at radius 1 is 1.21 bits per heavy atom. The highest BCUT2D eigenvalue weighted by Gasteiger charge is 2.00. The number of hydrogen-bond donors (Lipinski definition) is 1. The van der Waals surface area contributed by atoms with Gasteiger partial charge in [0.05, 0.1) is 11.9 Å². The van der Waals surface area contributed by atoms with Gasteiger partial charge in [0.15, 0.2) is 0 Å². The van der Waals surface area contributed by atoms with Gasteiger partial charge in [-0.1, -0.05) is 18.2 Å². The summed E-state index contributed by atoms with van der Waals surface area (Å²) in [6.45, 7) is 0. The summed E-state index contributed by atoms with van der Waals surface area (Å²) in [5, 5.41) is 3.86. The lowest BCUT2D eigenvalue weighted by Gasteiger charge is -2.01. The van der Waals surface area contributed by atoms with Gasteiger partial charge in [0.2, 0.25) is 0 Å². The van der Waals surface area contributed by atoms with E-state index in [1.165, 1.54) is 10.9 Å². The summed E-state index contributed by atoms with van der Waals surface area (Å²) >= 11 is 0. The van der Waals surface area contributed by atoms with Crippen LogP contribution in [-0.4, -0.2) is 14.8 Å². The molecule has 0 radical (unpaired) electrons. The van der Waals surface area contributed by atoms with E-state index in [9.17, 15) is 4.79 Å². The third-order valence-corrected chi connectivity index (χ3v) is 1.71. The number of nitrogens with zero attached hydrogens (tertiary/aromatic N) is 3. The summed E-state index contributed by atoms with van der Waals surface area (Å²) in [5.74, 6) is 0.127. The van der Waals surface area contributed by atoms with E-state index in [0.717, 1.165) is 0 Å². The van der Waals surface area contributed by atoms with Crippen LogP contribution in [0.2, 0.25) is 0 Å². The van der Waals surface area contributed by atoms with Crippen LogP contribution in [0.4, 0.5) is 5.82 Å². The molecule has 1 aromatic heterocycles. The quantitative estimate of drug-likeness (QED) is 0.694. The molecule has 0 bridgehead atoms. The number of benzene rings is 1. The fourth-order valence-electron chi connectivity index (χ4n) is 1.10. The highest BCUT2D eigenvalue weighted by Crippen LogP contribution is 2.00. The van der Waals surface area contributed by atoms with Crippen LogP contribution in [0.25, 0.3) is 5.69 Å². The highest BCUT2D eigenvalue weighted by atomic mass is 16.1. The second kappa shape index (κ2) is 3.29. The van der Waals surface area contributed by atoms with E-state index in [1.54, 1.807) is 12.1 Å². The molecule has 70 valence electrons. The van der Waals surface area contributed by atoms with Crippen LogP contribution in [0.15, 0.2) is 41.3 Å². The number of para-hydroxylation sites is 1. The zero-order valence-electron chi connectivity index (χ0n) is 7.29. The molecule has 0 aliphatic carbocycles. The molecule has 5 nitrogen and oxygen atoms in total. The lowest BCUT2D eigenvalue weighted by atomic mass is 10.3. The predicted octanol–water partition coefficient (Wildman–Crippen LogP) is 0.210. The van der Waals surface area contributed by atoms with Gasteiger partial charge >= 0.3 is 5.69 Å². The summed E-state index contributed by atoms with van der Waals surface area (Å²) in [7, 11) is 0. The lowest BCUT2D eigenvalue weighted by molar-refractivity contribution is 0.767. The molecular weight excluding hydrogens is 180 g/mol. The molecule has 0 saturated carbocycles. The van der Waals surface area contributed by atoms with E-state index < -0.39 is 5.69 Å². The number of aromatic nitrogens is 3. The van der Waals surface area contributed by atoms with Gasteiger partial charge in [-0.3, -0.25) is 0 Å². The molecular formula is C9H8N4O. The Balaban J connectivity index is 2.59. The summed E-state index contributed by atoms with van der Waals surface area (Å²) in [6, 6.07) is 9.04. The van der Waals surface area contributed by atoms with E-state index >= 15 is 0 Å². The number of hydrogen-bond acceptors (Lipinski definition) is 4. The Kier molecular flexibility index (Phi) is 1.98. The first kappa shape index (κ1) is 8.43. The Morgan fingerprint density at radius 2 is 1.93 bits per heavy atom. The number of anilines is 1. The van der Waals surface area contributed by atoms with Crippen molar-refractivity contribution in [2.45, 2.75) is 0 Å². The maximum Gasteiger partial charge on any atom is 0.370 e. The maximum atomic E-state index is 11.3. The van der Waals surface area contributed by atoms with Gasteiger partial charge in [-0.15, -0.1) is 0 Å². The molecule has 0 atom stereocenters. The number of nitrogens with two attached hydrogens (primary N) is 1. The molecule has 1 heterocycles. The third kappa shape index (κ3) is 1.47. The molecule has 1 aromatic carbocycles. The molecule has 0 amide bonds. The SMILES string of the molecule is Nc1cnn(-c2ccccc2)c(=O)n1. The molecule has 0 saturated heterocycles. The van der Waals surface area contributed by atoms with E-state index in [1.807, 2.05) is 18.2 Å². The molecule has 0 fully saturated rings. The Labute approximate surface area is 79.8 Å². The number of nitrogen functional groups attached to an aromatic ring is 1. The minimum absolute atomic E-state index is 0.127. The van der Waals surface area contributed by atoms with E-state index in [0.29, 0.717) is 5.69 Å². The lowest BCUT2D eigenvalue weighted by Crippen LogP contribution is -2.24. The largest absolute Gasteiger partial charge is 0.382 e. The first-order valence-electron chi connectivity index (χ1n) is 4.04. The minimum atomic E-state index is -0.476. The van der Waals surface area contributed by atoms with Crippen LogP contribution < -0.4 is 11.4 Å². The van der Waals surface area contributed by atoms with Crippen molar-refractivity contribution in [3.8, 4) is 5.69 Å². The van der Waals surface area contributed by atoms with Gasteiger partial charge < -0.3 is 5.73 Å². The Hall–Kier alpha value is -2.17. The van der Waals surface area contributed by atoms with Gasteiger partial charge in [-0.05, 0) is 12.1 Å². The first-order chi connectivity index (χ1) is 6.77. The van der Waals surface area contributed by atoms with Crippen LogP contribution in [0, 0.1) is 0 Å². The highest BCUT2D eigenvalue weighted by molar-refractivity contribution is 5.30. The zero-order valence-corrected chi connectivity index (χ0v) is 7.29. The maximum absolute atomic E-state index is 11.3. The van der Waals surface area contributed by atoms with Gasteiger partial charge in [0, 0.05) is 0 Å². The summed E-state index contributed by atoms with van der Waals surface area (Å²) < 4.78 is 1.19. The van der Waals surface area contributed by atoms with Crippen molar-refractivity contribution >= 4 is 5.82 Å².